The third kappa shape index (κ3) is 3.71. The quantitative estimate of drug-likeness (QED) is 0.520. The van der Waals surface area contributed by atoms with E-state index in [0.29, 0.717) is 11.1 Å². The summed E-state index contributed by atoms with van der Waals surface area (Å²) < 4.78 is 5.01. The minimum atomic E-state index is -0.376. The van der Waals surface area contributed by atoms with Crippen molar-refractivity contribution in [1.82, 2.24) is 0 Å². The van der Waals surface area contributed by atoms with E-state index in [-0.39, 0.29) is 27.9 Å². The standard InChI is InChI=1S/C18H14ClNO3/c1-11-4-3-5-13(6-11)17(21)14(10-20)7-12-8-15(19)18(22)16(9-12)23-2/h3-9,22H,1-2H3/b14-7+. The molecular formula is C18H14ClNO3. The summed E-state index contributed by atoms with van der Waals surface area (Å²) >= 11 is 5.91. The number of phenols is 1. The Balaban J connectivity index is 2.45. The summed E-state index contributed by atoms with van der Waals surface area (Å²) in [5, 5.41) is 19.1. The number of benzene rings is 2. The van der Waals surface area contributed by atoms with Crippen LogP contribution in [0, 0.1) is 18.3 Å². The average molecular weight is 328 g/mol. The molecule has 0 spiro atoms. The van der Waals surface area contributed by atoms with Gasteiger partial charge in [-0.25, -0.2) is 0 Å². The van der Waals surface area contributed by atoms with E-state index in [4.69, 9.17) is 16.3 Å². The molecule has 2 aromatic carbocycles. The van der Waals surface area contributed by atoms with Crippen LogP contribution in [0.4, 0.5) is 0 Å². The Morgan fingerprint density at radius 2 is 2.09 bits per heavy atom. The molecule has 0 amide bonds. The molecule has 0 radical (unpaired) electrons. The molecule has 0 aliphatic heterocycles. The Morgan fingerprint density at radius 3 is 2.70 bits per heavy atom. The summed E-state index contributed by atoms with van der Waals surface area (Å²) in [4.78, 5) is 12.4. The number of carbonyl (C=O) groups is 1. The zero-order valence-electron chi connectivity index (χ0n) is 12.6. The number of hydrogen-bond acceptors (Lipinski definition) is 4. The second-order valence-electron chi connectivity index (χ2n) is 4.92. The van der Waals surface area contributed by atoms with Crippen LogP contribution in [0.15, 0.2) is 42.0 Å². The van der Waals surface area contributed by atoms with Gasteiger partial charge in [0.15, 0.2) is 11.5 Å². The number of phenolic OH excluding ortho intramolecular Hbond substituents is 1. The third-order valence-corrected chi connectivity index (χ3v) is 3.52. The van der Waals surface area contributed by atoms with Crippen molar-refractivity contribution < 1.29 is 14.6 Å². The van der Waals surface area contributed by atoms with Crippen LogP contribution in [0.3, 0.4) is 0 Å². The van der Waals surface area contributed by atoms with E-state index < -0.39 is 0 Å². The van der Waals surface area contributed by atoms with Crippen LogP contribution in [0.25, 0.3) is 6.08 Å². The number of rotatable bonds is 4. The Labute approximate surface area is 139 Å². The average Bonchev–Trinajstić information content (AvgIpc) is 2.55. The molecule has 0 aliphatic rings. The second-order valence-corrected chi connectivity index (χ2v) is 5.33. The van der Waals surface area contributed by atoms with E-state index in [1.54, 1.807) is 18.2 Å². The lowest BCUT2D eigenvalue weighted by atomic mass is 10.0. The van der Waals surface area contributed by atoms with Gasteiger partial charge in [0.2, 0.25) is 5.78 Å². The predicted molar refractivity (Wildman–Crippen MR) is 88.8 cm³/mol. The topological polar surface area (TPSA) is 70.3 Å². The maximum Gasteiger partial charge on any atom is 0.203 e. The van der Waals surface area contributed by atoms with Gasteiger partial charge in [0, 0.05) is 5.56 Å². The lowest BCUT2D eigenvalue weighted by molar-refractivity contribution is 0.104. The normalized spacial score (nSPS) is 11.0. The van der Waals surface area contributed by atoms with Gasteiger partial charge < -0.3 is 9.84 Å². The van der Waals surface area contributed by atoms with Gasteiger partial charge in [0.05, 0.1) is 12.1 Å². The first-order chi connectivity index (χ1) is 11.0. The molecule has 1 N–H and O–H groups in total. The first-order valence-electron chi connectivity index (χ1n) is 6.76. The zero-order chi connectivity index (χ0) is 17.0. The number of carbonyl (C=O) groups excluding carboxylic acids is 1. The Kier molecular flexibility index (Phi) is 5.05. The van der Waals surface area contributed by atoms with Crippen LogP contribution in [-0.2, 0) is 0 Å². The highest BCUT2D eigenvalue weighted by Gasteiger charge is 2.14. The molecule has 2 rings (SSSR count). The molecular weight excluding hydrogens is 314 g/mol. The first-order valence-corrected chi connectivity index (χ1v) is 7.13. The predicted octanol–water partition coefficient (Wildman–Crippen LogP) is 4.15. The van der Waals surface area contributed by atoms with E-state index in [2.05, 4.69) is 0 Å². The number of Topliss-reactive ketones (excluding diaryl/α,β-unsaturated/α-hetero) is 1. The van der Waals surface area contributed by atoms with Gasteiger partial charge in [-0.1, -0.05) is 35.4 Å². The molecule has 0 fully saturated rings. The molecule has 0 atom stereocenters. The molecule has 0 heterocycles. The zero-order valence-corrected chi connectivity index (χ0v) is 13.4. The summed E-state index contributed by atoms with van der Waals surface area (Å²) in [6, 6.07) is 11.9. The molecule has 0 saturated heterocycles. The van der Waals surface area contributed by atoms with Gasteiger partial charge in [-0.05, 0) is 36.8 Å². The number of nitriles is 1. The smallest absolute Gasteiger partial charge is 0.203 e. The summed E-state index contributed by atoms with van der Waals surface area (Å²) in [5.74, 6) is -0.391. The van der Waals surface area contributed by atoms with Crippen LogP contribution >= 0.6 is 11.6 Å². The molecule has 2 aromatic rings. The number of ether oxygens (including phenoxy) is 1. The molecule has 0 bridgehead atoms. The van der Waals surface area contributed by atoms with E-state index in [1.807, 2.05) is 19.1 Å². The molecule has 0 saturated carbocycles. The van der Waals surface area contributed by atoms with Gasteiger partial charge >= 0.3 is 0 Å². The summed E-state index contributed by atoms with van der Waals surface area (Å²) in [6.07, 6.45) is 1.42. The van der Waals surface area contributed by atoms with Gasteiger partial charge in [-0.2, -0.15) is 5.26 Å². The summed E-state index contributed by atoms with van der Waals surface area (Å²) in [7, 11) is 1.39. The van der Waals surface area contributed by atoms with Crippen LogP contribution in [-0.4, -0.2) is 18.0 Å². The van der Waals surface area contributed by atoms with Crippen molar-refractivity contribution in [2.75, 3.05) is 7.11 Å². The lowest BCUT2D eigenvalue weighted by Crippen LogP contribution is -2.02. The lowest BCUT2D eigenvalue weighted by Gasteiger charge is -2.07. The van der Waals surface area contributed by atoms with Gasteiger partial charge in [-0.15, -0.1) is 0 Å². The van der Waals surface area contributed by atoms with Crippen LogP contribution in [0.1, 0.15) is 21.5 Å². The summed E-state index contributed by atoms with van der Waals surface area (Å²) in [5.41, 5.74) is 1.83. The summed E-state index contributed by atoms with van der Waals surface area (Å²) in [6.45, 7) is 1.87. The van der Waals surface area contributed by atoms with Crippen LogP contribution in [0.2, 0.25) is 5.02 Å². The third-order valence-electron chi connectivity index (χ3n) is 3.23. The van der Waals surface area contributed by atoms with E-state index in [9.17, 15) is 15.2 Å². The van der Waals surface area contributed by atoms with Crippen LogP contribution in [0.5, 0.6) is 11.5 Å². The Bertz CT molecular complexity index is 835. The number of allylic oxidation sites excluding steroid dienone is 1. The highest BCUT2D eigenvalue weighted by molar-refractivity contribution is 6.32. The van der Waals surface area contributed by atoms with Crippen molar-refractivity contribution in [3.05, 3.63) is 63.7 Å². The number of methoxy groups -OCH3 is 1. The molecule has 23 heavy (non-hydrogen) atoms. The molecule has 0 aromatic heterocycles. The van der Waals surface area contributed by atoms with E-state index in [1.165, 1.54) is 25.3 Å². The van der Waals surface area contributed by atoms with E-state index in [0.717, 1.165) is 5.56 Å². The van der Waals surface area contributed by atoms with Crippen molar-refractivity contribution in [3.63, 3.8) is 0 Å². The first kappa shape index (κ1) is 16.6. The molecule has 0 aliphatic carbocycles. The second kappa shape index (κ2) is 6.99. The fourth-order valence-electron chi connectivity index (χ4n) is 2.09. The maximum atomic E-state index is 12.4. The fraction of sp³-hybridized carbons (Fsp3) is 0.111. The minimum absolute atomic E-state index is 0.0283. The van der Waals surface area contributed by atoms with Crippen molar-refractivity contribution in [2.24, 2.45) is 0 Å². The highest BCUT2D eigenvalue weighted by atomic mass is 35.5. The largest absolute Gasteiger partial charge is 0.503 e. The number of nitrogens with zero attached hydrogens (tertiary/aromatic N) is 1. The number of halogens is 1. The molecule has 116 valence electrons. The Hall–Kier alpha value is -2.77. The SMILES string of the molecule is COc1cc(/C=C(\C#N)C(=O)c2cccc(C)c2)cc(Cl)c1O. The van der Waals surface area contributed by atoms with Crippen molar-refractivity contribution >= 4 is 23.5 Å². The number of ketones is 1. The molecule has 0 unspecified atom stereocenters. The van der Waals surface area contributed by atoms with Crippen LogP contribution < -0.4 is 4.74 Å². The van der Waals surface area contributed by atoms with Crippen molar-refractivity contribution in [1.29, 1.82) is 5.26 Å². The fourth-order valence-corrected chi connectivity index (χ4v) is 2.31. The minimum Gasteiger partial charge on any atom is -0.503 e. The van der Waals surface area contributed by atoms with Gasteiger partial charge in [0.1, 0.15) is 11.6 Å². The van der Waals surface area contributed by atoms with E-state index >= 15 is 0 Å². The number of aromatic hydroxyl groups is 1. The number of hydrogen-bond donors (Lipinski definition) is 1. The monoisotopic (exact) mass is 327 g/mol. The van der Waals surface area contributed by atoms with Crippen molar-refractivity contribution in [2.45, 2.75) is 6.92 Å². The highest BCUT2D eigenvalue weighted by Crippen LogP contribution is 2.35. The van der Waals surface area contributed by atoms with Gasteiger partial charge in [-0.3, -0.25) is 4.79 Å². The number of aryl methyl sites for hydroxylation is 1. The van der Waals surface area contributed by atoms with Crippen molar-refractivity contribution in [3.8, 4) is 17.6 Å². The molecule has 4 nitrogen and oxygen atoms in total. The van der Waals surface area contributed by atoms with Gasteiger partial charge in [0.25, 0.3) is 0 Å². The molecule has 5 heteroatoms. The Morgan fingerprint density at radius 1 is 1.35 bits per heavy atom. The maximum absolute atomic E-state index is 12.4.